The molecule has 6 aromatic carbocycles. The van der Waals surface area contributed by atoms with Crippen LogP contribution in [0.4, 0.5) is 22.7 Å². The van der Waals surface area contributed by atoms with Crippen molar-refractivity contribution in [3.63, 3.8) is 0 Å². The van der Waals surface area contributed by atoms with Gasteiger partial charge in [0, 0.05) is 27.9 Å². The number of aromatic nitrogens is 2. The Balaban J connectivity index is 1.38. The predicted octanol–water partition coefficient (Wildman–Crippen LogP) is 8.23. The normalized spacial score (nSPS) is 13.0. The number of benzene rings is 6. The van der Waals surface area contributed by atoms with Gasteiger partial charge >= 0.3 is 0 Å². The Labute approximate surface area is 242 Å². The molecule has 1 aliphatic heterocycles. The summed E-state index contributed by atoms with van der Waals surface area (Å²) >= 11 is 0. The van der Waals surface area contributed by atoms with Crippen molar-refractivity contribution >= 4 is 61.7 Å². The lowest BCUT2D eigenvalue weighted by Gasteiger charge is -2.27. The number of nitrogens with zero attached hydrogens (tertiary/aromatic N) is 4. The van der Waals surface area contributed by atoms with Gasteiger partial charge in [-0.1, -0.05) is 85.0 Å². The minimum Gasteiger partial charge on any atom is -0.310 e. The molecule has 0 saturated heterocycles. The third kappa shape index (κ3) is 3.32. The van der Waals surface area contributed by atoms with Crippen molar-refractivity contribution in [3.8, 4) is 11.1 Å². The summed E-state index contributed by atoms with van der Waals surface area (Å²) in [5.74, 6) is 0. The number of hydrogen-bond donors (Lipinski definition) is 0. The number of allylic oxidation sites excluding steroid dienone is 2. The van der Waals surface area contributed by atoms with Gasteiger partial charge in [0.25, 0.3) is 0 Å². The van der Waals surface area contributed by atoms with Gasteiger partial charge in [0.1, 0.15) is 0 Å². The molecule has 0 spiro atoms. The molecule has 4 heteroatoms. The minimum atomic E-state index is 0.851. The highest BCUT2D eigenvalue weighted by Crippen LogP contribution is 2.47. The summed E-state index contributed by atoms with van der Waals surface area (Å²) in [6, 6.07) is 40.1. The summed E-state index contributed by atoms with van der Waals surface area (Å²) in [5, 5.41) is 4.52. The van der Waals surface area contributed by atoms with E-state index in [-0.39, 0.29) is 0 Å². The molecule has 0 bridgehead atoms. The van der Waals surface area contributed by atoms with Crippen molar-refractivity contribution < 1.29 is 0 Å². The maximum atomic E-state index is 5.45. The van der Waals surface area contributed by atoms with Gasteiger partial charge in [-0.3, -0.25) is 0 Å². The van der Waals surface area contributed by atoms with E-state index in [0.29, 0.717) is 0 Å². The average molecular weight is 537 g/mol. The van der Waals surface area contributed by atoms with Crippen LogP contribution in [0.25, 0.3) is 50.0 Å². The van der Waals surface area contributed by atoms with Gasteiger partial charge in [-0.05, 0) is 71.1 Å². The summed E-state index contributed by atoms with van der Waals surface area (Å²) < 4.78 is 0. The maximum Gasteiger partial charge on any atom is 0.0996 e. The summed E-state index contributed by atoms with van der Waals surface area (Å²) in [4.78, 5) is 18.2. The molecule has 196 valence electrons. The van der Waals surface area contributed by atoms with Gasteiger partial charge in [-0.15, -0.1) is 0 Å². The second-order valence-corrected chi connectivity index (χ2v) is 10.8. The zero-order valence-corrected chi connectivity index (χ0v) is 22.7. The molecule has 7 aromatic rings. The van der Waals surface area contributed by atoms with Gasteiger partial charge in [0.15, 0.2) is 0 Å². The molecule has 2 heterocycles. The Kier molecular flexibility index (Phi) is 4.93. The molecule has 2 aliphatic rings. The van der Waals surface area contributed by atoms with E-state index in [1.54, 1.807) is 0 Å². The molecule has 0 radical (unpaired) electrons. The van der Waals surface area contributed by atoms with Crippen LogP contribution in [-0.4, -0.2) is 9.97 Å². The van der Waals surface area contributed by atoms with Gasteiger partial charge in [0.05, 0.1) is 38.8 Å². The summed E-state index contributed by atoms with van der Waals surface area (Å²) in [6.07, 6.45) is 7.41. The van der Waals surface area contributed by atoms with Gasteiger partial charge in [-0.25, -0.2) is 15.0 Å². The van der Waals surface area contributed by atoms with E-state index in [1.807, 2.05) is 0 Å². The molecule has 0 unspecified atom stereocenters. The Bertz CT molecular complexity index is 2340. The van der Waals surface area contributed by atoms with Crippen molar-refractivity contribution in [2.45, 2.75) is 6.42 Å². The maximum absolute atomic E-state index is 5.45. The predicted molar refractivity (Wildman–Crippen MR) is 172 cm³/mol. The fourth-order valence-corrected chi connectivity index (χ4v) is 6.59. The quantitative estimate of drug-likeness (QED) is 0.169. The number of fused-ring (bicyclic) bond motifs is 11. The Hall–Kier alpha value is -5.61. The van der Waals surface area contributed by atoms with Crippen LogP contribution in [0.5, 0.6) is 0 Å². The van der Waals surface area contributed by atoms with Crippen molar-refractivity contribution in [3.05, 3.63) is 144 Å². The van der Waals surface area contributed by atoms with Crippen LogP contribution in [0, 0.1) is 0 Å². The van der Waals surface area contributed by atoms with E-state index in [9.17, 15) is 0 Å². The number of rotatable bonds is 3. The van der Waals surface area contributed by atoms with E-state index in [0.717, 1.165) is 73.1 Å². The topological polar surface area (TPSA) is 41.4 Å². The van der Waals surface area contributed by atoms with Crippen molar-refractivity contribution in [1.29, 1.82) is 0 Å². The summed E-state index contributed by atoms with van der Waals surface area (Å²) in [6.45, 7) is 0. The second kappa shape index (κ2) is 8.95. The van der Waals surface area contributed by atoms with Crippen LogP contribution >= 0.6 is 0 Å². The van der Waals surface area contributed by atoms with E-state index >= 15 is 0 Å². The first-order valence-corrected chi connectivity index (χ1v) is 14.3. The standard InChI is InChI=1S/C38H24N4/c1-3-12-24(13-4-1)42(25-14-5-2-6-15-25)33-21-11-20-30-34(33)35-31(39-30)22-23-32-38(35)41-37-29-19-10-8-17-27(29)26-16-7-9-18-28(26)36(37)40-32/h1-17,19-23H,18H2. The number of hydrogen-bond acceptors (Lipinski definition) is 4. The van der Waals surface area contributed by atoms with Gasteiger partial charge in [0.2, 0.25) is 0 Å². The van der Waals surface area contributed by atoms with E-state index in [4.69, 9.17) is 15.0 Å². The lowest BCUT2D eigenvalue weighted by atomic mass is 9.95. The van der Waals surface area contributed by atoms with Crippen LogP contribution in [0.2, 0.25) is 0 Å². The molecular weight excluding hydrogens is 512 g/mol. The van der Waals surface area contributed by atoms with Crippen molar-refractivity contribution in [2.75, 3.05) is 4.90 Å². The number of para-hydroxylation sites is 2. The molecule has 9 rings (SSSR count). The monoisotopic (exact) mass is 536 g/mol. The highest BCUT2D eigenvalue weighted by atomic mass is 15.1. The van der Waals surface area contributed by atoms with Crippen molar-refractivity contribution in [2.24, 2.45) is 4.99 Å². The lowest BCUT2D eigenvalue weighted by Crippen LogP contribution is -2.15. The minimum absolute atomic E-state index is 0.851. The first-order valence-electron chi connectivity index (χ1n) is 14.3. The van der Waals surface area contributed by atoms with E-state index < -0.39 is 0 Å². The van der Waals surface area contributed by atoms with Crippen LogP contribution < -0.4 is 15.5 Å². The third-order valence-electron chi connectivity index (χ3n) is 8.40. The zero-order chi connectivity index (χ0) is 27.6. The van der Waals surface area contributed by atoms with Crippen LogP contribution in [0.3, 0.4) is 0 Å². The highest BCUT2D eigenvalue weighted by Gasteiger charge is 2.26. The fourth-order valence-electron chi connectivity index (χ4n) is 6.59. The first-order chi connectivity index (χ1) is 20.8. The molecule has 0 N–H and O–H groups in total. The molecule has 0 saturated carbocycles. The highest BCUT2D eigenvalue weighted by molar-refractivity contribution is 6.11. The summed E-state index contributed by atoms with van der Waals surface area (Å²) in [5.41, 5.74) is 11.3. The van der Waals surface area contributed by atoms with Crippen molar-refractivity contribution in [1.82, 2.24) is 9.97 Å². The summed E-state index contributed by atoms with van der Waals surface area (Å²) in [7, 11) is 0. The molecule has 42 heavy (non-hydrogen) atoms. The molecule has 1 aliphatic carbocycles. The van der Waals surface area contributed by atoms with E-state index in [1.165, 1.54) is 16.2 Å². The Morgan fingerprint density at radius 1 is 0.571 bits per heavy atom. The number of anilines is 3. The molecule has 0 atom stereocenters. The first kappa shape index (κ1) is 23.1. The van der Waals surface area contributed by atoms with E-state index in [2.05, 4.69) is 138 Å². The largest absolute Gasteiger partial charge is 0.310 e. The van der Waals surface area contributed by atoms with Gasteiger partial charge in [-0.2, -0.15) is 0 Å². The Morgan fingerprint density at radius 2 is 1.31 bits per heavy atom. The third-order valence-corrected chi connectivity index (χ3v) is 8.40. The average Bonchev–Trinajstić information content (AvgIpc) is 3.45. The Morgan fingerprint density at radius 3 is 2.10 bits per heavy atom. The zero-order valence-electron chi connectivity index (χ0n) is 22.7. The fraction of sp³-hybridized carbons (Fsp3) is 0.0263. The van der Waals surface area contributed by atoms with Crippen LogP contribution in [0.1, 0.15) is 5.56 Å². The smallest absolute Gasteiger partial charge is 0.0996 e. The molecule has 0 fully saturated rings. The molecule has 1 aromatic heterocycles. The molecular formula is C38H24N4. The SMILES string of the molecule is C1=CCc2c(c3ccccc3c3nc4c5c(ccc4nc23)=Nc2cccc(N(c3ccccc3)c3ccccc3)c2-5)=C1. The van der Waals surface area contributed by atoms with Crippen LogP contribution in [-0.2, 0) is 6.42 Å². The van der Waals surface area contributed by atoms with Crippen LogP contribution in [0.15, 0.2) is 132 Å². The second-order valence-electron chi connectivity index (χ2n) is 10.8. The lowest BCUT2D eigenvalue weighted by molar-refractivity contribution is 1.23. The molecule has 4 nitrogen and oxygen atoms in total. The molecule has 0 amide bonds. The van der Waals surface area contributed by atoms with Gasteiger partial charge < -0.3 is 4.90 Å².